The van der Waals surface area contributed by atoms with Crippen molar-refractivity contribution in [1.29, 1.82) is 0 Å². The van der Waals surface area contributed by atoms with Crippen molar-refractivity contribution in [2.24, 2.45) is 5.92 Å². The lowest BCUT2D eigenvalue weighted by molar-refractivity contribution is 0.0598. The molecular weight excluding hydrogens is 286 g/mol. The molecule has 0 radical (unpaired) electrons. The van der Waals surface area contributed by atoms with Gasteiger partial charge in [-0.2, -0.15) is 0 Å². The summed E-state index contributed by atoms with van der Waals surface area (Å²) in [7, 11) is 2.59. The molecule has 1 saturated heterocycles. The fourth-order valence-electron chi connectivity index (χ4n) is 2.43. The lowest BCUT2D eigenvalue weighted by Gasteiger charge is -2.23. The van der Waals surface area contributed by atoms with E-state index in [1.807, 2.05) is 0 Å². The van der Waals surface area contributed by atoms with Gasteiger partial charge in [0.2, 0.25) is 0 Å². The topological polar surface area (TPSA) is 73.9 Å². The van der Waals surface area contributed by atoms with Gasteiger partial charge in [-0.05, 0) is 37.6 Å². The minimum atomic E-state index is -0.519. The average molecular weight is 307 g/mol. The van der Waals surface area contributed by atoms with E-state index in [-0.39, 0.29) is 11.1 Å². The number of hydrogen-bond acceptors (Lipinski definition) is 6. The van der Waals surface area contributed by atoms with Gasteiger partial charge in [0.05, 0.1) is 32.0 Å². The van der Waals surface area contributed by atoms with E-state index in [2.05, 4.69) is 5.32 Å². The van der Waals surface area contributed by atoms with E-state index < -0.39 is 11.9 Å². The highest BCUT2D eigenvalue weighted by atomic mass is 16.5. The number of carbonyl (C=O) groups is 2. The molecule has 1 aliphatic heterocycles. The van der Waals surface area contributed by atoms with Gasteiger partial charge in [0, 0.05) is 12.5 Å². The summed E-state index contributed by atoms with van der Waals surface area (Å²) in [6.45, 7) is 2.50. The molecule has 120 valence electrons. The highest BCUT2D eigenvalue weighted by molar-refractivity contribution is 5.96. The van der Waals surface area contributed by atoms with Gasteiger partial charge in [-0.15, -0.1) is 0 Å². The lowest BCUT2D eigenvalue weighted by atomic mass is 10.0. The molecule has 1 N–H and O–H groups in total. The van der Waals surface area contributed by atoms with Gasteiger partial charge in [0.1, 0.15) is 5.75 Å². The summed E-state index contributed by atoms with van der Waals surface area (Å²) in [4.78, 5) is 23.4. The maximum absolute atomic E-state index is 11.7. The van der Waals surface area contributed by atoms with Crippen molar-refractivity contribution in [2.45, 2.75) is 12.8 Å². The Labute approximate surface area is 129 Å². The molecular formula is C16H21NO5. The highest BCUT2D eigenvalue weighted by Crippen LogP contribution is 2.21. The Hall–Kier alpha value is -2.08. The zero-order chi connectivity index (χ0) is 15.9. The van der Waals surface area contributed by atoms with Crippen molar-refractivity contribution in [3.63, 3.8) is 0 Å². The first-order valence-corrected chi connectivity index (χ1v) is 7.29. The predicted octanol–water partition coefficient (Wildman–Crippen LogP) is 1.64. The van der Waals surface area contributed by atoms with Crippen molar-refractivity contribution >= 4 is 11.9 Å². The van der Waals surface area contributed by atoms with E-state index in [0.29, 0.717) is 18.3 Å². The molecule has 0 aromatic heterocycles. The molecule has 1 aromatic carbocycles. The number of carbonyl (C=O) groups excluding carboxylic acids is 2. The van der Waals surface area contributed by atoms with Gasteiger partial charge in [-0.3, -0.25) is 0 Å². The van der Waals surface area contributed by atoms with E-state index >= 15 is 0 Å². The third-order valence-electron chi connectivity index (χ3n) is 3.63. The number of piperidine rings is 1. The van der Waals surface area contributed by atoms with Crippen LogP contribution in [0, 0.1) is 5.92 Å². The second-order valence-electron chi connectivity index (χ2n) is 5.25. The molecule has 1 unspecified atom stereocenters. The van der Waals surface area contributed by atoms with Crippen molar-refractivity contribution in [3.05, 3.63) is 29.3 Å². The maximum Gasteiger partial charge on any atom is 0.338 e. The third kappa shape index (κ3) is 4.21. The molecule has 0 amide bonds. The third-order valence-corrected chi connectivity index (χ3v) is 3.63. The molecule has 0 saturated carbocycles. The molecule has 1 fully saturated rings. The van der Waals surface area contributed by atoms with Crippen molar-refractivity contribution in [1.82, 2.24) is 5.32 Å². The molecule has 1 aliphatic rings. The quantitative estimate of drug-likeness (QED) is 0.834. The number of methoxy groups -OCH3 is 2. The Bertz CT molecular complexity index is 503. The summed E-state index contributed by atoms with van der Waals surface area (Å²) in [6, 6.07) is 4.59. The van der Waals surface area contributed by atoms with Gasteiger partial charge >= 0.3 is 11.9 Å². The second-order valence-corrected chi connectivity index (χ2v) is 5.25. The molecule has 6 heteroatoms. The van der Waals surface area contributed by atoms with Crippen LogP contribution in [0.15, 0.2) is 18.2 Å². The molecule has 1 aromatic rings. The smallest absolute Gasteiger partial charge is 0.338 e. The fourth-order valence-corrected chi connectivity index (χ4v) is 2.43. The van der Waals surface area contributed by atoms with Gasteiger partial charge in [0.15, 0.2) is 0 Å². The SMILES string of the molecule is COC(=O)c1cc(OCC2CCCNC2)cc(C(=O)OC)c1. The Balaban J connectivity index is 2.13. The summed E-state index contributed by atoms with van der Waals surface area (Å²) < 4.78 is 15.2. The first kappa shape index (κ1) is 16.3. The number of nitrogens with one attached hydrogen (secondary N) is 1. The van der Waals surface area contributed by atoms with E-state index in [1.54, 1.807) is 12.1 Å². The highest BCUT2D eigenvalue weighted by Gasteiger charge is 2.17. The number of benzene rings is 1. The Morgan fingerprint density at radius 1 is 1.14 bits per heavy atom. The number of ether oxygens (including phenoxy) is 3. The van der Waals surface area contributed by atoms with Crippen LogP contribution in [0.5, 0.6) is 5.75 Å². The largest absolute Gasteiger partial charge is 0.493 e. The fraction of sp³-hybridized carbons (Fsp3) is 0.500. The number of esters is 2. The number of hydrogen-bond donors (Lipinski definition) is 1. The molecule has 1 atom stereocenters. The van der Waals surface area contributed by atoms with Crippen LogP contribution in [-0.4, -0.2) is 45.9 Å². The van der Waals surface area contributed by atoms with Gasteiger partial charge in [0.25, 0.3) is 0 Å². The maximum atomic E-state index is 11.7. The van der Waals surface area contributed by atoms with Crippen LogP contribution in [0.2, 0.25) is 0 Å². The molecule has 2 rings (SSSR count). The minimum absolute atomic E-state index is 0.266. The normalized spacial score (nSPS) is 17.6. The molecule has 6 nitrogen and oxygen atoms in total. The van der Waals surface area contributed by atoms with Crippen LogP contribution >= 0.6 is 0 Å². The van der Waals surface area contributed by atoms with Crippen LogP contribution < -0.4 is 10.1 Å². The van der Waals surface area contributed by atoms with Gasteiger partial charge in [-0.1, -0.05) is 0 Å². The van der Waals surface area contributed by atoms with Crippen molar-refractivity contribution in [3.8, 4) is 5.75 Å². The van der Waals surface area contributed by atoms with Crippen molar-refractivity contribution < 1.29 is 23.8 Å². The first-order chi connectivity index (χ1) is 10.6. The van der Waals surface area contributed by atoms with E-state index in [1.165, 1.54) is 20.3 Å². The standard InChI is InChI=1S/C16H21NO5/c1-20-15(18)12-6-13(16(19)21-2)8-14(7-12)22-10-11-4-3-5-17-9-11/h6-8,11,17H,3-5,9-10H2,1-2H3. The van der Waals surface area contributed by atoms with Crippen molar-refractivity contribution in [2.75, 3.05) is 33.9 Å². The number of rotatable bonds is 5. The van der Waals surface area contributed by atoms with Crippen LogP contribution in [0.25, 0.3) is 0 Å². The van der Waals surface area contributed by atoms with E-state index in [9.17, 15) is 9.59 Å². The molecule has 1 heterocycles. The summed E-state index contributed by atoms with van der Waals surface area (Å²) in [5, 5.41) is 3.32. The summed E-state index contributed by atoms with van der Waals surface area (Å²) in [5.74, 6) is -0.143. The molecule has 22 heavy (non-hydrogen) atoms. The summed E-state index contributed by atoms with van der Waals surface area (Å²) in [5.41, 5.74) is 0.532. The molecule has 0 bridgehead atoms. The van der Waals surface area contributed by atoms with Gasteiger partial charge in [-0.25, -0.2) is 9.59 Å². The lowest BCUT2D eigenvalue weighted by Crippen LogP contribution is -2.33. The molecule has 0 spiro atoms. The average Bonchev–Trinajstić information content (AvgIpc) is 2.59. The monoisotopic (exact) mass is 307 g/mol. The Morgan fingerprint density at radius 2 is 1.77 bits per heavy atom. The molecule has 0 aliphatic carbocycles. The van der Waals surface area contributed by atoms with E-state index in [4.69, 9.17) is 14.2 Å². The zero-order valence-electron chi connectivity index (χ0n) is 12.9. The van der Waals surface area contributed by atoms with E-state index in [0.717, 1.165) is 25.9 Å². The summed E-state index contributed by atoms with van der Waals surface area (Å²) in [6.07, 6.45) is 2.23. The van der Waals surface area contributed by atoms with Crippen LogP contribution in [-0.2, 0) is 9.47 Å². The van der Waals surface area contributed by atoms with Crippen LogP contribution in [0.4, 0.5) is 0 Å². The van der Waals surface area contributed by atoms with Crippen LogP contribution in [0.1, 0.15) is 33.6 Å². The predicted molar refractivity (Wildman–Crippen MR) is 80.2 cm³/mol. The second kappa shape index (κ2) is 7.79. The minimum Gasteiger partial charge on any atom is -0.493 e. The first-order valence-electron chi connectivity index (χ1n) is 7.29. The summed E-state index contributed by atoms with van der Waals surface area (Å²) >= 11 is 0. The van der Waals surface area contributed by atoms with Gasteiger partial charge < -0.3 is 19.5 Å². The van der Waals surface area contributed by atoms with Crippen LogP contribution in [0.3, 0.4) is 0 Å². The zero-order valence-corrected chi connectivity index (χ0v) is 12.9. The Kier molecular flexibility index (Phi) is 5.77. The Morgan fingerprint density at radius 3 is 2.27 bits per heavy atom.